The van der Waals surface area contributed by atoms with Crippen LogP contribution in [-0.4, -0.2) is 23.3 Å². The van der Waals surface area contributed by atoms with Gasteiger partial charge in [0.15, 0.2) is 0 Å². The van der Waals surface area contributed by atoms with E-state index in [2.05, 4.69) is 12.1 Å². The average Bonchev–Trinajstić information content (AvgIpc) is 2.95. The van der Waals surface area contributed by atoms with Gasteiger partial charge in [-0.3, -0.25) is 14.5 Å². The zero-order valence-corrected chi connectivity index (χ0v) is 14.1. The maximum Gasteiger partial charge on any atom is 0.235 e. The Morgan fingerprint density at radius 3 is 2.12 bits per heavy atom. The highest BCUT2D eigenvalue weighted by Crippen LogP contribution is 2.60. The molecule has 1 aromatic carbocycles. The van der Waals surface area contributed by atoms with Crippen molar-refractivity contribution in [2.75, 3.05) is 6.54 Å². The third-order valence-corrected chi connectivity index (χ3v) is 7.13. The summed E-state index contributed by atoms with van der Waals surface area (Å²) in [5.74, 6) is 2.61. The van der Waals surface area contributed by atoms with Crippen molar-refractivity contribution in [3.8, 4) is 0 Å². The van der Waals surface area contributed by atoms with E-state index in [-0.39, 0.29) is 23.1 Å². The van der Waals surface area contributed by atoms with Crippen molar-refractivity contribution in [2.24, 2.45) is 23.2 Å². The Labute approximate surface area is 143 Å². The molecule has 4 aliphatic carbocycles. The number of hydrogen-bond acceptors (Lipinski definition) is 2. The van der Waals surface area contributed by atoms with Gasteiger partial charge in [0.1, 0.15) is 0 Å². The molecule has 0 spiro atoms. The zero-order chi connectivity index (χ0) is 16.3. The van der Waals surface area contributed by atoms with E-state index in [1.165, 1.54) is 24.8 Å². The summed E-state index contributed by atoms with van der Waals surface area (Å²) in [5.41, 5.74) is 0.988. The second-order valence-electron chi connectivity index (χ2n) is 8.82. The van der Waals surface area contributed by atoms with E-state index in [4.69, 9.17) is 0 Å². The smallest absolute Gasteiger partial charge is 0.235 e. The van der Waals surface area contributed by atoms with Crippen molar-refractivity contribution in [3.05, 3.63) is 35.9 Å². The number of carbonyl (C=O) groups excluding carboxylic acids is 2. The molecule has 1 saturated heterocycles. The minimum atomic E-state index is -0.198. The standard InChI is InChI=1S/C21H25NO2/c23-19-9-18(17-4-2-1-3-5-17)13-22(19)20(24)21-10-14-6-15(11-21)8-16(7-14)12-21/h1-5,14-16,18H,6-13H2/t14?,15?,16?,18-,21?/m0/s1. The number of benzene rings is 1. The van der Waals surface area contributed by atoms with E-state index >= 15 is 0 Å². The van der Waals surface area contributed by atoms with Crippen LogP contribution in [0, 0.1) is 23.2 Å². The van der Waals surface area contributed by atoms with Gasteiger partial charge in [0.05, 0.1) is 5.41 Å². The van der Waals surface area contributed by atoms with Crippen LogP contribution in [0.2, 0.25) is 0 Å². The molecule has 24 heavy (non-hydrogen) atoms. The summed E-state index contributed by atoms with van der Waals surface area (Å²) in [5, 5.41) is 0. The average molecular weight is 323 g/mol. The van der Waals surface area contributed by atoms with Crippen LogP contribution in [0.25, 0.3) is 0 Å². The lowest BCUT2D eigenvalue weighted by molar-refractivity contribution is -0.161. The molecule has 4 saturated carbocycles. The van der Waals surface area contributed by atoms with Crippen LogP contribution < -0.4 is 0 Å². The van der Waals surface area contributed by atoms with E-state index in [0.29, 0.717) is 13.0 Å². The normalized spacial score (nSPS) is 40.3. The van der Waals surface area contributed by atoms with Crippen molar-refractivity contribution >= 4 is 11.8 Å². The van der Waals surface area contributed by atoms with E-state index in [9.17, 15) is 9.59 Å². The molecule has 3 nitrogen and oxygen atoms in total. The van der Waals surface area contributed by atoms with E-state index in [1.54, 1.807) is 4.90 Å². The Balaban J connectivity index is 1.39. The van der Waals surface area contributed by atoms with Crippen LogP contribution in [-0.2, 0) is 9.59 Å². The zero-order valence-electron chi connectivity index (χ0n) is 14.1. The van der Waals surface area contributed by atoms with Crippen molar-refractivity contribution in [2.45, 2.75) is 50.9 Å². The van der Waals surface area contributed by atoms with Gasteiger partial charge < -0.3 is 0 Å². The number of rotatable bonds is 2. The summed E-state index contributed by atoms with van der Waals surface area (Å²) < 4.78 is 0. The minimum absolute atomic E-state index is 0.0459. The van der Waals surface area contributed by atoms with Gasteiger partial charge in [-0.05, 0) is 61.8 Å². The Kier molecular flexibility index (Phi) is 3.17. The van der Waals surface area contributed by atoms with Gasteiger partial charge >= 0.3 is 0 Å². The third-order valence-electron chi connectivity index (χ3n) is 7.13. The maximum absolute atomic E-state index is 13.4. The molecule has 5 fully saturated rings. The molecule has 4 bridgehead atoms. The first-order chi connectivity index (χ1) is 11.6. The fourth-order valence-corrected chi connectivity index (χ4v) is 6.51. The molecule has 1 aliphatic heterocycles. The SMILES string of the molecule is O=C1C[C@H](c2ccccc2)CN1C(=O)C12CC3CC(CC(C3)C1)C2. The first kappa shape index (κ1) is 14.7. The highest BCUT2D eigenvalue weighted by atomic mass is 16.2. The molecule has 6 rings (SSSR count). The van der Waals surface area contributed by atoms with Gasteiger partial charge in [-0.2, -0.15) is 0 Å². The molecule has 1 atom stereocenters. The lowest BCUT2D eigenvalue weighted by atomic mass is 9.49. The van der Waals surface area contributed by atoms with Crippen LogP contribution in [0.3, 0.4) is 0 Å². The van der Waals surface area contributed by atoms with Crippen LogP contribution in [0.5, 0.6) is 0 Å². The number of carbonyl (C=O) groups is 2. The largest absolute Gasteiger partial charge is 0.282 e. The quantitative estimate of drug-likeness (QED) is 0.777. The van der Waals surface area contributed by atoms with Crippen LogP contribution in [0.1, 0.15) is 56.4 Å². The fourth-order valence-electron chi connectivity index (χ4n) is 6.51. The third kappa shape index (κ3) is 2.17. The molecule has 126 valence electrons. The van der Waals surface area contributed by atoms with Crippen molar-refractivity contribution in [3.63, 3.8) is 0 Å². The Bertz CT molecular complexity index is 645. The Hall–Kier alpha value is -1.64. The monoisotopic (exact) mass is 323 g/mol. The first-order valence-corrected chi connectivity index (χ1v) is 9.53. The summed E-state index contributed by atoms with van der Waals surface area (Å²) in [7, 11) is 0. The van der Waals surface area contributed by atoms with Crippen LogP contribution >= 0.6 is 0 Å². The fraction of sp³-hybridized carbons (Fsp3) is 0.619. The summed E-state index contributed by atoms with van der Waals surface area (Å²) in [6.45, 7) is 0.587. The molecule has 0 N–H and O–H groups in total. The van der Waals surface area contributed by atoms with Crippen LogP contribution in [0.15, 0.2) is 30.3 Å². The van der Waals surface area contributed by atoms with Gasteiger partial charge in [-0.15, -0.1) is 0 Å². The number of likely N-dealkylation sites (tertiary alicyclic amines) is 1. The van der Waals surface area contributed by atoms with Crippen molar-refractivity contribution in [1.29, 1.82) is 0 Å². The van der Waals surface area contributed by atoms with Crippen molar-refractivity contribution < 1.29 is 9.59 Å². The molecular weight excluding hydrogens is 298 g/mol. The molecule has 5 aliphatic rings. The van der Waals surface area contributed by atoms with Gasteiger partial charge in [-0.1, -0.05) is 30.3 Å². The molecule has 0 radical (unpaired) electrons. The lowest BCUT2D eigenvalue weighted by Gasteiger charge is -2.56. The summed E-state index contributed by atoms with van der Waals surface area (Å²) in [4.78, 5) is 27.6. The molecule has 1 aromatic rings. The Morgan fingerprint density at radius 2 is 1.54 bits per heavy atom. The summed E-state index contributed by atoms with van der Waals surface area (Å²) >= 11 is 0. The van der Waals surface area contributed by atoms with Crippen LogP contribution in [0.4, 0.5) is 0 Å². The molecular formula is C21H25NO2. The number of imide groups is 1. The maximum atomic E-state index is 13.4. The van der Waals surface area contributed by atoms with Gasteiger partial charge in [0.2, 0.25) is 11.8 Å². The number of amides is 2. The molecule has 1 heterocycles. The number of hydrogen-bond donors (Lipinski definition) is 0. The Morgan fingerprint density at radius 1 is 0.958 bits per heavy atom. The number of nitrogens with zero attached hydrogens (tertiary/aromatic N) is 1. The van der Waals surface area contributed by atoms with E-state index < -0.39 is 0 Å². The van der Waals surface area contributed by atoms with E-state index in [1.807, 2.05) is 18.2 Å². The lowest BCUT2D eigenvalue weighted by Crippen LogP contribution is -2.54. The molecule has 0 unspecified atom stereocenters. The van der Waals surface area contributed by atoms with Gasteiger partial charge in [0, 0.05) is 18.9 Å². The van der Waals surface area contributed by atoms with Gasteiger partial charge in [-0.25, -0.2) is 0 Å². The second kappa shape index (κ2) is 5.18. The predicted molar refractivity (Wildman–Crippen MR) is 91.1 cm³/mol. The topological polar surface area (TPSA) is 37.4 Å². The molecule has 0 aromatic heterocycles. The highest BCUT2D eigenvalue weighted by molar-refractivity contribution is 6.00. The first-order valence-electron chi connectivity index (χ1n) is 9.53. The summed E-state index contributed by atoms with van der Waals surface area (Å²) in [6.07, 6.45) is 7.59. The predicted octanol–water partition coefficient (Wildman–Crippen LogP) is 3.75. The summed E-state index contributed by atoms with van der Waals surface area (Å²) in [6, 6.07) is 10.2. The van der Waals surface area contributed by atoms with Crippen molar-refractivity contribution in [1.82, 2.24) is 4.90 Å². The van der Waals surface area contributed by atoms with Gasteiger partial charge in [0.25, 0.3) is 0 Å². The highest BCUT2D eigenvalue weighted by Gasteiger charge is 2.56. The molecule has 3 heteroatoms. The van der Waals surface area contributed by atoms with E-state index in [0.717, 1.165) is 37.0 Å². The molecule has 2 amide bonds. The minimum Gasteiger partial charge on any atom is -0.282 e. The second-order valence-corrected chi connectivity index (χ2v) is 8.82.